The number of carboxylic acid groups (broad SMARTS) is 1. The van der Waals surface area contributed by atoms with Gasteiger partial charge in [-0.25, -0.2) is 14.4 Å². The highest BCUT2D eigenvalue weighted by Crippen LogP contribution is 2.43. The van der Waals surface area contributed by atoms with Gasteiger partial charge in [-0.1, -0.05) is 24.3 Å². The molecule has 3 N–H and O–H groups in total. The Morgan fingerprint density at radius 3 is 2.71 bits per heavy atom. The molecule has 3 atom stereocenters. The van der Waals surface area contributed by atoms with Crippen LogP contribution in [0, 0.1) is 11.7 Å². The van der Waals surface area contributed by atoms with Crippen LogP contribution in [-0.2, 0) is 4.79 Å². The third kappa shape index (κ3) is 3.95. The van der Waals surface area contributed by atoms with E-state index in [1.165, 1.54) is 12.1 Å². The number of aliphatic imine (C=N–C) groups is 2. The van der Waals surface area contributed by atoms with Gasteiger partial charge in [0.1, 0.15) is 12.0 Å². The monoisotopic (exact) mass is 418 g/mol. The summed E-state index contributed by atoms with van der Waals surface area (Å²) in [6.45, 7) is 0. The fourth-order valence-corrected chi connectivity index (χ4v) is 4.44. The smallest absolute Gasteiger partial charge is 0.307 e. The van der Waals surface area contributed by atoms with E-state index < -0.39 is 5.97 Å². The van der Waals surface area contributed by atoms with Crippen LogP contribution in [0.2, 0.25) is 0 Å². The van der Waals surface area contributed by atoms with Crippen LogP contribution in [0.4, 0.5) is 15.8 Å². The third-order valence-electron chi connectivity index (χ3n) is 6.16. The van der Waals surface area contributed by atoms with E-state index >= 15 is 0 Å². The first-order valence-corrected chi connectivity index (χ1v) is 10.5. The first-order valence-electron chi connectivity index (χ1n) is 10.5. The van der Waals surface area contributed by atoms with E-state index in [-0.39, 0.29) is 23.8 Å². The summed E-state index contributed by atoms with van der Waals surface area (Å²) < 4.78 is 13.5. The number of carbonyl (C=O) groups is 1. The van der Waals surface area contributed by atoms with Crippen LogP contribution in [-0.4, -0.2) is 28.9 Å². The van der Waals surface area contributed by atoms with Gasteiger partial charge in [0.2, 0.25) is 5.96 Å². The minimum atomic E-state index is -0.725. The van der Waals surface area contributed by atoms with E-state index in [0.29, 0.717) is 11.6 Å². The molecule has 7 heteroatoms. The van der Waals surface area contributed by atoms with Crippen molar-refractivity contribution in [3.05, 3.63) is 71.6 Å². The molecule has 2 aliphatic carbocycles. The summed E-state index contributed by atoms with van der Waals surface area (Å²) in [6, 6.07) is 14.2. The molecule has 6 nitrogen and oxygen atoms in total. The summed E-state index contributed by atoms with van der Waals surface area (Å²) in [4.78, 5) is 20.8. The highest BCUT2D eigenvalue weighted by atomic mass is 19.1. The lowest BCUT2D eigenvalue weighted by molar-refractivity contribution is -0.145. The number of hydrogen-bond donors (Lipinski definition) is 3. The number of rotatable bonds is 5. The van der Waals surface area contributed by atoms with Crippen LogP contribution in [0.3, 0.4) is 0 Å². The second-order valence-corrected chi connectivity index (χ2v) is 8.15. The van der Waals surface area contributed by atoms with Gasteiger partial charge in [0.05, 0.1) is 11.6 Å². The lowest BCUT2D eigenvalue weighted by atomic mass is 9.70. The van der Waals surface area contributed by atoms with Gasteiger partial charge in [-0.2, -0.15) is 0 Å². The molecule has 0 aromatic heterocycles. The summed E-state index contributed by atoms with van der Waals surface area (Å²) in [6.07, 6.45) is 5.22. The second-order valence-electron chi connectivity index (χ2n) is 8.15. The average molecular weight is 418 g/mol. The van der Waals surface area contributed by atoms with E-state index in [9.17, 15) is 14.3 Å². The fraction of sp³-hybridized carbons (Fsp3) is 0.292. The number of hydrogen-bond acceptors (Lipinski definition) is 5. The Bertz CT molecular complexity index is 1120. The number of fused-ring (bicyclic) bond motifs is 1. The molecule has 0 spiro atoms. The summed E-state index contributed by atoms with van der Waals surface area (Å²) >= 11 is 0. The Hall–Kier alpha value is -3.48. The van der Waals surface area contributed by atoms with Crippen molar-refractivity contribution < 1.29 is 14.3 Å². The molecule has 0 saturated heterocycles. The molecule has 1 heterocycles. The Morgan fingerprint density at radius 2 is 1.94 bits per heavy atom. The number of halogens is 1. The zero-order valence-electron chi connectivity index (χ0n) is 16.9. The van der Waals surface area contributed by atoms with Gasteiger partial charge in [-0.3, -0.25) is 4.79 Å². The molecule has 0 amide bonds. The van der Waals surface area contributed by atoms with Crippen molar-refractivity contribution in [1.29, 1.82) is 0 Å². The molecule has 1 saturated carbocycles. The van der Waals surface area contributed by atoms with Crippen LogP contribution in [0.5, 0.6) is 0 Å². The zero-order chi connectivity index (χ0) is 21.4. The molecule has 2 aromatic carbocycles. The lowest BCUT2D eigenvalue weighted by Crippen LogP contribution is -2.32. The fourth-order valence-electron chi connectivity index (χ4n) is 4.44. The van der Waals surface area contributed by atoms with Crippen molar-refractivity contribution >= 4 is 29.0 Å². The number of carboxylic acids is 1. The molecule has 2 aromatic rings. The molecular formula is C24H23FN4O2. The predicted molar refractivity (Wildman–Crippen MR) is 119 cm³/mol. The zero-order valence-corrected chi connectivity index (χ0v) is 16.9. The van der Waals surface area contributed by atoms with Gasteiger partial charge in [-0.15, -0.1) is 0 Å². The van der Waals surface area contributed by atoms with Crippen LogP contribution < -0.4 is 10.6 Å². The first kappa shape index (κ1) is 19.5. The highest BCUT2D eigenvalue weighted by Gasteiger charge is 2.37. The van der Waals surface area contributed by atoms with E-state index in [4.69, 9.17) is 4.99 Å². The molecular weight excluding hydrogens is 395 g/mol. The van der Waals surface area contributed by atoms with Gasteiger partial charge < -0.3 is 15.7 Å². The molecule has 0 bridgehead atoms. The molecule has 5 rings (SSSR count). The second kappa shape index (κ2) is 7.98. The Morgan fingerprint density at radius 1 is 1.10 bits per heavy atom. The van der Waals surface area contributed by atoms with E-state index in [1.807, 2.05) is 24.3 Å². The van der Waals surface area contributed by atoms with E-state index in [0.717, 1.165) is 48.2 Å². The summed E-state index contributed by atoms with van der Waals surface area (Å²) in [7, 11) is 0. The van der Waals surface area contributed by atoms with Crippen LogP contribution >= 0.6 is 0 Å². The molecule has 3 aliphatic rings. The number of aliphatic carboxylic acids is 1. The van der Waals surface area contributed by atoms with Crippen molar-refractivity contribution in [1.82, 2.24) is 0 Å². The van der Waals surface area contributed by atoms with Crippen molar-refractivity contribution in [3.8, 4) is 0 Å². The average Bonchev–Trinajstić information content (AvgIpc) is 3.16. The predicted octanol–water partition coefficient (Wildman–Crippen LogP) is 4.78. The Balaban J connectivity index is 1.38. The summed E-state index contributed by atoms with van der Waals surface area (Å²) in [5.41, 5.74) is 4.56. The maximum atomic E-state index is 13.5. The molecule has 1 aliphatic heterocycles. The van der Waals surface area contributed by atoms with Crippen molar-refractivity contribution in [2.75, 3.05) is 10.6 Å². The van der Waals surface area contributed by atoms with Gasteiger partial charge >= 0.3 is 5.97 Å². The van der Waals surface area contributed by atoms with Crippen molar-refractivity contribution in [2.45, 2.75) is 37.8 Å². The van der Waals surface area contributed by atoms with Crippen LogP contribution in [0.15, 0.2) is 70.2 Å². The number of allylic oxidation sites excluding steroid dienone is 1. The van der Waals surface area contributed by atoms with Crippen LogP contribution in [0.1, 0.15) is 37.2 Å². The van der Waals surface area contributed by atoms with E-state index in [2.05, 4.69) is 21.7 Å². The third-order valence-corrected chi connectivity index (χ3v) is 6.16. The SMILES string of the molecule is O=C(O)C1CCC1c1cccc(NC2N=C(Nc3cccc(F)c3)N=C3CCC=C32)c1. The molecule has 0 radical (unpaired) electrons. The number of nitrogens with one attached hydrogen (secondary N) is 2. The Labute approximate surface area is 179 Å². The van der Waals surface area contributed by atoms with Crippen molar-refractivity contribution in [2.24, 2.45) is 15.9 Å². The molecule has 3 unspecified atom stereocenters. The maximum Gasteiger partial charge on any atom is 0.307 e. The number of guanidine groups is 1. The molecule has 31 heavy (non-hydrogen) atoms. The standard InChI is InChI=1S/C24H23FN4O2/c25-15-5-2-7-17(13-15)27-24-28-21-9-3-8-20(21)22(29-24)26-16-6-1-4-14(12-16)18-10-11-19(18)23(30)31/h1-2,4-8,12-13,18-19,22,26H,3,9-11H2,(H,27,29)(H,30,31). The van der Waals surface area contributed by atoms with E-state index in [1.54, 1.807) is 12.1 Å². The van der Waals surface area contributed by atoms with Crippen molar-refractivity contribution in [3.63, 3.8) is 0 Å². The van der Waals surface area contributed by atoms with Crippen LogP contribution in [0.25, 0.3) is 0 Å². The summed E-state index contributed by atoms with van der Waals surface area (Å²) in [5.74, 6) is -0.851. The van der Waals surface area contributed by atoms with Gasteiger partial charge in [0.15, 0.2) is 0 Å². The van der Waals surface area contributed by atoms with Gasteiger partial charge in [0, 0.05) is 16.9 Å². The largest absolute Gasteiger partial charge is 0.481 e. The summed E-state index contributed by atoms with van der Waals surface area (Å²) in [5, 5.41) is 16.0. The maximum absolute atomic E-state index is 13.5. The Kier molecular flexibility index (Phi) is 5.02. The highest BCUT2D eigenvalue weighted by molar-refractivity contribution is 6.14. The minimum Gasteiger partial charge on any atom is -0.481 e. The normalized spacial score (nSPS) is 24.3. The first-order chi connectivity index (χ1) is 15.1. The number of benzene rings is 2. The number of anilines is 2. The number of nitrogens with zero attached hydrogens (tertiary/aromatic N) is 2. The quantitative estimate of drug-likeness (QED) is 0.652. The van der Waals surface area contributed by atoms with Gasteiger partial charge in [0.25, 0.3) is 0 Å². The topological polar surface area (TPSA) is 86.1 Å². The molecule has 158 valence electrons. The minimum absolute atomic E-state index is 0.0575. The van der Waals surface area contributed by atoms with Gasteiger partial charge in [-0.05, 0) is 67.5 Å². The lowest BCUT2D eigenvalue weighted by Gasteiger charge is -2.34. The molecule has 1 fully saturated rings.